The van der Waals surface area contributed by atoms with Crippen LogP contribution in [0.5, 0.6) is 0 Å². The molecule has 0 aromatic carbocycles. The molecule has 1 N–H and O–H groups in total. The van der Waals surface area contributed by atoms with Gasteiger partial charge in [0.25, 0.3) is 0 Å². The van der Waals surface area contributed by atoms with Crippen LogP contribution in [0.4, 0.5) is 0 Å². The van der Waals surface area contributed by atoms with E-state index in [1.165, 1.54) is 44.3 Å². The number of aryl methyl sites for hydroxylation is 1. The molecule has 1 aromatic rings. The Balaban J connectivity index is 1.43. The number of hydrogen-bond donors (Lipinski definition) is 1. The van der Waals surface area contributed by atoms with E-state index in [0.717, 1.165) is 31.5 Å². The summed E-state index contributed by atoms with van der Waals surface area (Å²) in [6.07, 6.45) is 9.26. The third kappa shape index (κ3) is 4.29. The van der Waals surface area contributed by atoms with Crippen molar-refractivity contribution >= 4 is 5.96 Å². The highest BCUT2D eigenvalue weighted by molar-refractivity contribution is 5.80. The Kier molecular flexibility index (Phi) is 5.76. The first-order chi connectivity index (χ1) is 11.7. The minimum Gasteiger partial charge on any atom is -0.356 e. The van der Waals surface area contributed by atoms with Crippen LogP contribution in [0.2, 0.25) is 0 Å². The summed E-state index contributed by atoms with van der Waals surface area (Å²) < 4.78 is 1.90. The van der Waals surface area contributed by atoms with Gasteiger partial charge in [-0.1, -0.05) is 0 Å². The molecule has 1 unspecified atom stereocenters. The summed E-state index contributed by atoms with van der Waals surface area (Å²) in [5.41, 5.74) is 1.35. The molecule has 3 rings (SSSR count). The summed E-state index contributed by atoms with van der Waals surface area (Å²) in [7, 11) is 6.11. The second-order valence-electron chi connectivity index (χ2n) is 7.39. The van der Waals surface area contributed by atoms with Crippen LogP contribution in [0.15, 0.2) is 17.4 Å². The van der Waals surface area contributed by atoms with E-state index in [-0.39, 0.29) is 0 Å². The lowest BCUT2D eigenvalue weighted by Gasteiger charge is -2.29. The molecule has 0 bridgehead atoms. The highest BCUT2D eigenvalue weighted by atomic mass is 15.3. The van der Waals surface area contributed by atoms with Crippen LogP contribution in [-0.4, -0.2) is 72.4 Å². The zero-order valence-corrected chi connectivity index (χ0v) is 15.4. The highest BCUT2D eigenvalue weighted by Gasteiger charge is 2.27. The van der Waals surface area contributed by atoms with Crippen molar-refractivity contribution in [2.75, 3.05) is 46.8 Å². The minimum absolute atomic E-state index is 0.575. The molecule has 1 atom stereocenters. The Hall–Kier alpha value is -1.56. The van der Waals surface area contributed by atoms with E-state index >= 15 is 0 Å². The second kappa shape index (κ2) is 8.01. The van der Waals surface area contributed by atoms with Gasteiger partial charge in [0.15, 0.2) is 5.96 Å². The maximum Gasteiger partial charge on any atom is 0.193 e. The van der Waals surface area contributed by atoms with Crippen molar-refractivity contribution in [1.82, 2.24) is 24.9 Å². The summed E-state index contributed by atoms with van der Waals surface area (Å²) >= 11 is 0. The molecule has 6 nitrogen and oxygen atoms in total. The summed E-state index contributed by atoms with van der Waals surface area (Å²) in [5, 5.41) is 7.90. The summed E-state index contributed by atoms with van der Waals surface area (Å²) in [4.78, 5) is 9.33. The highest BCUT2D eigenvalue weighted by Crippen LogP contribution is 2.26. The largest absolute Gasteiger partial charge is 0.356 e. The second-order valence-corrected chi connectivity index (χ2v) is 7.39. The fourth-order valence-corrected chi connectivity index (χ4v) is 3.95. The van der Waals surface area contributed by atoms with Crippen LogP contribution in [0, 0.1) is 5.92 Å². The van der Waals surface area contributed by atoms with Crippen LogP contribution in [0.3, 0.4) is 0 Å². The number of nitrogens with one attached hydrogen (secondary N) is 1. The SMILES string of the molecule is CN=C(NCCC1CCN(C)CC1)N1CCC(c2cnn(C)c2)C1. The standard InChI is InChI=1S/C18H32N6/c1-19-18(20-8-4-15-5-9-22(2)10-6-15)24-11-7-16(14-24)17-12-21-23(3)13-17/h12-13,15-16H,4-11,14H2,1-3H3,(H,19,20). The van der Waals surface area contributed by atoms with E-state index in [9.17, 15) is 0 Å². The van der Waals surface area contributed by atoms with Crippen molar-refractivity contribution in [1.29, 1.82) is 0 Å². The molecule has 0 radical (unpaired) electrons. The van der Waals surface area contributed by atoms with Gasteiger partial charge in [-0.15, -0.1) is 0 Å². The van der Waals surface area contributed by atoms with Crippen molar-refractivity contribution in [2.24, 2.45) is 18.0 Å². The van der Waals surface area contributed by atoms with Gasteiger partial charge in [0.1, 0.15) is 0 Å². The number of guanidine groups is 1. The van der Waals surface area contributed by atoms with Crippen LogP contribution in [0.25, 0.3) is 0 Å². The number of hydrogen-bond acceptors (Lipinski definition) is 3. The van der Waals surface area contributed by atoms with E-state index in [0.29, 0.717) is 5.92 Å². The van der Waals surface area contributed by atoms with Crippen LogP contribution in [0.1, 0.15) is 37.2 Å². The van der Waals surface area contributed by atoms with Crippen molar-refractivity contribution in [3.05, 3.63) is 18.0 Å². The van der Waals surface area contributed by atoms with Gasteiger partial charge in [-0.3, -0.25) is 9.67 Å². The monoisotopic (exact) mass is 332 g/mol. The minimum atomic E-state index is 0.575. The molecule has 1 aromatic heterocycles. The Morgan fingerprint density at radius 1 is 1.25 bits per heavy atom. The Morgan fingerprint density at radius 2 is 2.04 bits per heavy atom. The average molecular weight is 332 g/mol. The predicted molar refractivity (Wildman–Crippen MR) is 98.3 cm³/mol. The molecule has 2 saturated heterocycles. The first kappa shape index (κ1) is 17.3. The van der Waals surface area contributed by atoms with Gasteiger partial charge in [-0.25, -0.2) is 0 Å². The van der Waals surface area contributed by atoms with Crippen LogP contribution in [-0.2, 0) is 7.05 Å². The smallest absolute Gasteiger partial charge is 0.193 e. The fourth-order valence-electron chi connectivity index (χ4n) is 3.95. The van der Waals surface area contributed by atoms with Crippen LogP contribution < -0.4 is 5.32 Å². The molecule has 6 heteroatoms. The Morgan fingerprint density at radius 3 is 2.71 bits per heavy atom. The van der Waals surface area contributed by atoms with Crippen molar-refractivity contribution in [2.45, 2.75) is 31.6 Å². The van der Waals surface area contributed by atoms with Gasteiger partial charge in [0.05, 0.1) is 6.20 Å². The first-order valence-electron chi connectivity index (χ1n) is 9.28. The predicted octanol–water partition coefficient (Wildman–Crippen LogP) is 1.52. The molecule has 0 amide bonds. The van der Waals surface area contributed by atoms with Gasteiger partial charge in [-0.2, -0.15) is 5.10 Å². The fraction of sp³-hybridized carbons (Fsp3) is 0.778. The van der Waals surface area contributed by atoms with Gasteiger partial charge in [0, 0.05) is 45.8 Å². The van der Waals surface area contributed by atoms with Gasteiger partial charge in [-0.05, 0) is 57.3 Å². The zero-order valence-electron chi connectivity index (χ0n) is 15.4. The topological polar surface area (TPSA) is 48.7 Å². The van der Waals surface area contributed by atoms with E-state index < -0.39 is 0 Å². The molecule has 24 heavy (non-hydrogen) atoms. The molecule has 3 heterocycles. The number of aromatic nitrogens is 2. The maximum atomic E-state index is 4.50. The average Bonchev–Trinajstić information content (AvgIpc) is 3.22. The van der Waals surface area contributed by atoms with Gasteiger partial charge >= 0.3 is 0 Å². The number of nitrogens with zero attached hydrogens (tertiary/aromatic N) is 5. The molecule has 2 fully saturated rings. The van der Waals surface area contributed by atoms with Crippen molar-refractivity contribution in [3.63, 3.8) is 0 Å². The molecule has 2 aliphatic heterocycles. The van der Waals surface area contributed by atoms with E-state index in [4.69, 9.17) is 0 Å². The number of piperidine rings is 1. The van der Waals surface area contributed by atoms with E-state index in [2.05, 4.69) is 38.5 Å². The normalized spacial score (nSPS) is 23.9. The first-order valence-corrected chi connectivity index (χ1v) is 9.28. The van der Waals surface area contributed by atoms with Crippen molar-refractivity contribution in [3.8, 4) is 0 Å². The molecule has 0 saturated carbocycles. The number of likely N-dealkylation sites (tertiary alicyclic amines) is 2. The zero-order chi connectivity index (χ0) is 16.9. The molecular weight excluding hydrogens is 300 g/mol. The van der Waals surface area contributed by atoms with Crippen molar-refractivity contribution < 1.29 is 0 Å². The van der Waals surface area contributed by atoms with Crippen LogP contribution >= 0.6 is 0 Å². The molecule has 0 spiro atoms. The van der Waals surface area contributed by atoms with E-state index in [1.54, 1.807) is 0 Å². The Bertz CT molecular complexity index is 543. The third-order valence-electron chi connectivity index (χ3n) is 5.57. The summed E-state index contributed by atoms with van der Waals surface area (Å²) in [5.74, 6) is 2.51. The summed E-state index contributed by atoms with van der Waals surface area (Å²) in [6.45, 7) is 5.65. The lowest BCUT2D eigenvalue weighted by atomic mass is 9.94. The number of aliphatic imine (C=N–C) groups is 1. The quantitative estimate of drug-likeness (QED) is 0.671. The Labute approximate surface area is 145 Å². The molecular formula is C18H32N6. The lowest BCUT2D eigenvalue weighted by molar-refractivity contribution is 0.212. The van der Waals surface area contributed by atoms with Gasteiger partial charge in [0.2, 0.25) is 0 Å². The molecule has 134 valence electrons. The lowest BCUT2D eigenvalue weighted by Crippen LogP contribution is -2.41. The number of rotatable bonds is 4. The van der Waals surface area contributed by atoms with Gasteiger partial charge < -0.3 is 15.1 Å². The third-order valence-corrected chi connectivity index (χ3v) is 5.57. The molecule has 2 aliphatic rings. The molecule has 0 aliphatic carbocycles. The maximum absolute atomic E-state index is 4.50. The van der Waals surface area contributed by atoms with E-state index in [1.807, 2.05) is 25.0 Å². The summed E-state index contributed by atoms with van der Waals surface area (Å²) in [6, 6.07) is 0.